The third-order valence-corrected chi connectivity index (χ3v) is 1.28. The minimum absolute atomic E-state index is 0.719. The summed E-state index contributed by atoms with van der Waals surface area (Å²) in [6.45, 7) is 4.16. The third-order valence-electron chi connectivity index (χ3n) is 1.28. The molecule has 68 valence electrons. The highest BCUT2D eigenvalue weighted by molar-refractivity contribution is 4.67. The van der Waals surface area contributed by atoms with Gasteiger partial charge in [0.2, 0.25) is 0 Å². The molecule has 0 aliphatic carbocycles. The van der Waals surface area contributed by atoms with Crippen molar-refractivity contribution in [2.24, 2.45) is 0 Å². The maximum Gasteiger partial charge on any atom is 0.0621 e. The van der Waals surface area contributed by atoms with Crippen LogP contribution in [0.2, 0.25) is 0 Å². The highest BCUT2D eigenvalue weighted by Gasteiger charge is 1.74. The van der Waals surface area contributed by atoms with Crippen LogP contribution in [0.5, 0.6) is 0 Å². The van der Waals surface area contributed by atoms with Gasteiger partial charge in [0.1, 0.15) is 0 Å². The van der Waals surface area contributed by atoms with Gasteiger partial charge >= 0.3 is 0 Å². The Kier molecular flexibility index (Phi) is 18.7. The van der Waals surface area contributed by atoms with Gasteiger partial charge in [0, 0.05) is 12.8 Å². The highest BCUT2D eigenvalue weighted by atomic mass is 14.2. The topological polar surface area (TPSA) is 47.6 Å². The molecule has 2 nitrogen and oxygen atoms in total. The van der Waals surface area contributed by atoms with Gasteiger partial charge in [-0.2, -0.15) is 10.5 Å². The van der Waals surface area contributed by atoms with Crippen LogP contribution in [0.15, 0.2) is 0 Å². The summed E-state index contributed by atoms with van der Waals surface area (Å²) < 4.78 is 0. The minimum Gasteiger partial charge on any atom is -0.198 e. The molecule has 0 N–H and O–H groups in total. The Hall–Kier alpha value is -1.02. The number of hydrogen-bond acceptors (Lipinski definition) is 2. The molecule has 0 atom stereocenters. The van der Waals surface area contributed by atoms with Gasteiger partial charge in [0.15, 0.2) is 0 Å². The number of unbranched alkanes of at least 4 members (excludes halogenated alkanes) is 4. The Balaban J connectivity index is 0. The molecule has 0 fully saturated rings. The fourth-order valence-corrected chi connectivity index (χ4v) is 0.512. The Morgan fingerprint density at radius 2 is 1.17 bits per heavy atom. The van der Waals surface area contributed by atoms with E-state index in [0.29, 0.717) is 0 Å². The summed E-state index contributed by atoms with van der Waals surface area (Å²) in [5.74, 6) is 0. The lowest BCUT2D eigenvalue weighted by Crippen LogP contribution is -1.62. The fourth-order valence-electron chi connectivity index (χ4n) is 0.512. The van der Waals surface area contributed by atoms with Crippen LogP contribution in [0.1, 0.15) is 52.4 Å². The van der Waals surface area contributed by atoms with Gasteiger partial charge in [0.25, 0.3) is 0 Å². The molecule has 0 bridgehead atoms. The maximum atomic E-state index is 7.95. The van der Waals surface area contributed by atoms with Crippen LogP contribution in [0.3, 0.4) is 0 Å². The first kappa shape index (κ1) is 13.6. The molecule has 0 rings (SSSR count). The van der Waals surface area contributed by atoms with Crippen molar-refractivity contribution in [2.75, 3.05) is 0 Å². The monoisotopic (exact) mass is 166 g/mol. The van der Waals surface area contributed by atoms with Crippen molar-refractivity contribution < 1.29 is 0 Å². The molecule has 12 heavy (non-hydrogen) atoms. The Morgan fingerprint density at radius 3 is 1.25 bits per heavy atom. The van der Waals surface area contributed by atoms with Gasteiger partial charge in [-0.25, -0.2) is 0 Å². The Bertz CT molecular complexity index is 121. The lowest BCUT2D eigenvalue weighted by molar-refractivity contribution is 0.822. The zero-order valence-electron chi connectivity index (χ0n) is 8.14. The van der Waals surface area contributed by atoms with Gasteiger partial charge < -0.3 is 0 Å². The lowest BCUT2D eigenvalue weighted by Gasteiger charge is -1.77. The molecular formula is C10H18N2. The van der Waals surface area contributed by atoms with Gasteiger partial charge in [-0.3, -0.25) is 0 Å². The van der Waals surface area contributed by atoms with E-state index < -0.39 is 0 Å². The molecule has 0 heterocycles. The van der Waals surface area contributed by atoms with Crippen LogP contribution in [-0.4, -0.2) is 0 Å². The predicted octanol–water partition coefficient (Wildman–Crippen LogP) is 3.40. The zero-order valence-corrected chi connectivity index (χ0v) is 8.14. The summed E-state index contributed by atoms with van der Waals surface area (Å²) in [7, 11) is 0. The molecular weight excluding hydrogens is 148 g/mol. The van der Waals surface area contributed by atoms with Crippen LogP contribution in [-0.2, 0) is 0 Å². The SMILES string of the molecule is CCCCC#N.CCCCC#N. The Morgan fingerprint density at radius 1 is 0.833 bits per heavy atom. The van der Waals surface area contributed by atoms with Crippen molar-refractivity contribution in [3.63, 3.8) is 0 Å². The summed E-state index contributed by atoms with van der Waals surface area (Å²) in [5, 5.41) is 15.9. The number of nitrogens with zero attached hydrogens (tertiary/aromatic N) is 2. The normalized spacial score (nSPS) is 7.33. The Labute approximate surface area is 75.8 Å². The molecule has 0 aromatic rings. The average molecular weight is 166 g/mol. The van der Waals surface area contributed by atoms with E-state index in [-0.39, 0.29) is 0 Å². The number of hydrogen-bond donors (Lipinski definition) is 0. The van der Waals surface area contributed by atoms with E-state index in [1.54, 1.807) is 0 Å². The van der Waals surface area contributed by atoms with Crippen molar-refractivity contribution in [1.29, 1.82) is 10.5 Å². The molecule has 0 spiro atoms. The van der Waals surface area contributed by atoms with E-state index in [1.807, 2.05) is 0 Å². The standard InChI is InChI=1S/2C5H9N/c2*1-2-3-4-5-6/h2*2-4H2,1H3. The second-order valence-corrected chi connectivity index (χ2v) is 2.52. The maximum absolute atomic E-state index is 7.95. The smallest absolute Gasteiger partial charge is 0.0621 e. The van der Waals surface area contributed by atoms with Crippen LogP contribution < -0.4 is 0 Å². The van der Waals surface area contributed by atoms with Gasteiger partial charge in [-0.05, 0) is 12.8 Å². The van der Waals surface area contributed by atoms with E-state index in [4.69, 9.17) is 10.5 Å². The molecule has 0 aromatic carbocycles. The van der Waals surface area contributed by atoms with Gasteiger partial charge in [0.05, 0.1) is 12.1 Å². The van der Waals surface area contributed by atoms with E-state index in [2.05, 4.69) is 26.0 Å². The third kappa shape index (κ3) is 23.1. The number of rotatable bonds is 4. The van der Waals surface area contributed by atoms with Gasteiger partial charge in [-0.15, -0.1) is 0 Å². The van der Waals surface area contributed by atoms with Crippen LogP contribution in [0, 0.1) is 22.7 Å². The first-order valence-electron chi connectivity index (χ1n) is 4.57. The summed E-state index contributed by atoms with van der Waals surface area (Å²) in [6, 6.07) is 4.14. The second-order valence-electron chi connectivity index (χ2n) is 2.52. The molecule has 0 unspecified atom stereocenters. The molecule has 0 aliphatic rings. The number of nitriles is 2. The molecule has 0 aromatic heterocycles. The fraction of sp³-hybridized carbons (Fsp3) is 0.800. The summed E-state index contributed by atoms with van der Waals surface area (Å²) >= 11 is 0. The summed E-state index contributed by atoms with van der Waals surface area (Å²) in [6.07, 6.45) is 5.81. The van der Waals surface area contributed by atoms with Gasteiger partial charge in [-0.1, -0.05) is 26.7 Å². The van der Waals surface area contributed by atoms with Crippen molar-refractivity contribution in [1.82, 2.24) is 0 Å². The van der Waals surface area contributed by atoms with Crippen molar-refractivity contribution in [3.8, 4) is 12.1 Å². The van der Waals surface area contributed by atoms with E-state index in [9.17, 15) is 0 Å². The molecule has 0 aliphatic heterocycles. The zero-order chi connectivity index (χ0) is 9.66. The van der Waals surface area contributed by atoms with Crippen molar-refractivity contribution >= 4 is 0 Å². The van der Waals surface area contributed by atoms with Crippen LogP contribution in [0.4, 0.5) is 0 Å². The van der Waals surface area contributed by atoms with Crippen LogP contribution >= 0.6 is 0 Å². The average Bonchev–Trinajstić information content (AvgIpc) is 2.12. The quantitative estimate of drug-likeness (QED) is 0.601. The second kappa shape index (κ2) is 16.5. The van der Waals surface area contributed by atoms with Crippen molar-refractivity contribution in [3.05, 3.63) is 0 Å². The molecule has 0 radical (unpaired) electrons. The van der Waals surface area contributed by atoms with Crippen LogP contribution in [0.25, 0.3) is 0 Å². The highest BCUT2D eigenvalue weighted by Crippen LogP contribution is 1.89. The molecule has 0 amide bonds. The lowest BCUT2D eigenvalue weighted by atomic mass is 10.3. The predicted molar refractivity (Wildman–Crippen MR) is 50.3 cm³/mol. The molecule has 0 saturated carbocycles. The molecule has 0 saturated heterocycles. The van der Waals surface area contributed by atoms with E-state index in [1.165, 1.54) is 0 Å². The molecule has 2 heteroatoms. The largest absolute Gasteiger partial charge is 0.198 e. The van der Waals surface area contributed by atoms with E-state index in [0.717, 1.165) is 38.5 Å². The van der Waals surface area contributed by atoms with Crippen molar-refractivity contribution in [2.45, 2.75) is 52.4 Å². The first-order valence-corrected chi connectivity index (χ1v) is 4.57. The van der Waals surface area contributed by atoms with E-state index >= 15 is 0 Å². The minimum atomic E-state index is 0.719. The summed E-state index contributed by atoms with van der Waals surface area (Å²) in [4.78, 5) is 0. The summed E-state index contributed by atoms with van der Waals surface area (Å²) in [5.41, 5.74) is 0. The first-order chi connectivity index (χ1) is 5.83.